The summed E-state index contributed by atoms with van der Waals surface area (Å²) in [5.41, 5.74) is 7.30. The Morgan fingerprint density at radius 1 is 1.03 bits per heavy atom. The van der Waals surface area contributed by atoms with Gasteiger partial charge in [0.05, 0.1) is 5.52 Å². The van der Waals surface area contributed by atoms with E-state index >= 15 is 0 Å². The molecular weight excluding hydrogens is 384 g/mol. The van der Waals surface area contributed by atoms with Gasteiger partial charge in [-0.15, -0.1) is 0 Å². The number of nitrogens with one attached hydrogen (secondary N) is 1. The van der Waals surface area contributed by atoms with Gasteiger partial charge in [-0.1, -0.05) is 37.5 Å². The number of hydrogen-bond acceptors (Lipinski definition) is 5. The van der Waals surface area contributed by atoms with E-state index in [9.17, 15) is 8.78 Å². The summed E-state index contributed by atoms with van der Waals surface area (Å²) in [6.45, 7) is 0.627. The zero-order valence-corrected chi connectivity index (χ0v) is 17.5. The fourth-order valence-electron chi connectivity index (χ4n) is 3.64. The number of nitrogen functional groups attached to an aromatic ring is 1. The molecule has 0 saturated heterocycles. The van der Waals surface area contributed by atoms with E-state index in [2.05, 4.69) is 15.3 Å². The average Bonchev–Trinajstić information content (AvgIpc) is 2.75. The van der Waals surface area contributed by atoms with E-state index < -0.39 is 11.6 Å². The third kappa shape index (κ3) is 5.86. The predicted octanol–water partition coefficient (Wildman–Crippen LogP) is 5.16. The highest BCUT2D eigenvalue weighted by atomic mass is 19.2. The van der Waals surface area contributed by atoms with Gasteiger partial charge in [-0.05, 0) is 42.7 Å². The minimum absolute atomic E-state index is 0. The molecule has 3 aromatic rings. The molecule has 0 radical (unpaired) electrons. The molecule has 1 aliphatic carbocycles. The summed E-state index contributed by atoms with van der Waals surface area (Å²) in [5.74, 6) is -0.370. The summed E-state index contributed by atoms with van der Waals surface area (Å²) < 4.78 is 25.6. The molecule has 1 aromatic heterocycles. The second-order valence-electron chi connectivity index (χ2n) is 7.78. The number of aromatic nitrogens is 2. The SMILES string of the molecule is CN(C)c1nc(N)nc2ccccc12.Fc1ccc(CNC2CCCCC2)cc1F.[HH].[HH]. The Bertz CT molecular complexity index is 982. The first kappa shape index (κ1) is 21.9. The third-order valence-electron chi connectivity index (χ3n) is 5.21. The van der Waals surface area contributed by atoms with Crippen LogP contribution in [0.25, 0.3) is 10.9 Å². The predicted molar refractivity (Wildman–Crippen MR) is 123 cm³/mol. The largest absolute Gasteiger partial charge is 0.368 e. The molecule has 4 rings (SSSR count). The van der Waals surface area contributed by atoms with Crippen molar-refractivity contribution in [1.82, 2.24) is 15.3 Å². The Balaban J connectivity index is 0.000000303. The second kappa shape index (κ2) is 10.3. The molecule has 164 valence electrons. The highest BCUT2D eigenvalue weighted by Crippen LogP contribution is 2.22. The van der Waals surface area contributed by atoms with Crippen molar-refractivity contribution in [1.29, 1.82) is 0 Å². The lowest BCUT2D eigenvalue weighted by atomic mass is 9.95. The van der Waals surface area contributed by atoms with Gasteiger partial charge in [-0.3, -0.25) is 0 Å². The molecule has 1 heterocycles. The molecule has 0 bridgehead atoms. The molecule has 5 nitrogen and oxygen atoms in total. The first-order chi connectivity index (χ1) is 14.4. The van der Waals surface area contributed by atoms with Gasteiger partial charge in [0.2, 0.25) is 5.95 Å². The minimum atomic E-state index is -0.776. The van der Waals surface area contributed by atoms with Crippen molar-refractivity contribution in [2.45, 2.75) is 44.7 Å². The van der Waals surface area contributed by atoms with Gasteiger partial charge in [0.1, 0.15) is 5.82 Å². The summed E-state index contributed by atoms with van der Waals surface area (Å²) in [4.78, 5) is 10.3. The first-order valence-electron chi connectivity index (χ1n) is 10.3. The fourth-order valence-corrected chi connectivity index (χ4v) is 3.64. The van der Waals surface area contributed by atoms with E-state index in [1.165, 1.54) is 44.2 Å². The molecule has 0 amide bonds. The van der Waals surface area contributed by atoms with Crippen LogP contribution in [0.3, 0.4) is 0 Å². The van der Waals surface area contributed by atoms with Crippen LogP contribution in [-0.2, 0) is 6.54 Å². The molecule has 30 heavy (non-hydrogen) atoms. The summed E-state index contributed by atoms with van der Waals surface area (Å²) in [7, 11) is 3.88. The lowest BCUT2D eigenvalue weighted by molar-refractivity contribution is 0.372. The number of benzene rings is 2. The summed E-state index contributed by atoms with van der Waals surface area (Å²) >= 11 is 0. The molecule has 7 heteroatoms. The maximum absolute atomic E-state index is 12.9. The third-order valence-corrected chi connectivity index (χ3v) is 5.21. The maximum atomic E-state index is 12.9. The molecule has 0 aliphatic heterocycles. The van der Waals surface area contributed by atoms with E-state index in [0.29, 0.717) is 18.5 Å². The smallest absolute Gasteiger partial charge is 0.222 e. The van der Waals surface area contributed by atoms with Crippen LogP contribution in [0.1, 0.15) is 40.5 Å². The zero-order valence-electron chi connectivity index (χ0n) is 17.5. The number of nitrogens with two attached hydrogens (primary N) is 1. The second-order valence-corrected chi connectivity index (χ2v) is 7.78. The monoisotopic (exact) mass is 417 g/mol. The Kier molecular flexibility index (Phi) is 7.52. The molecule has 1 saturated carbocycles. The number of halogens is 2. The van der Waals surface area contributed by atoms with Crippen molar-refractivity contribution in [2.75, 3.05) is 24.7 Å². The molecular formula is C23H33F2N5. The van der Waals surface area contributed by atoms with Crippen molar-refractivity contribution in [2.24, 2.45) is 0 Å². The van der Waals surface area contributed by atoms with Crippen molar-refractivity contribution < 1.29 is 11.6 Å². The standard InChI is InChI=1S/C13H17F2N.C10H12N4.2H2/c14-12-7-6-10(8-13(12)15)9-16-11-4-2-1-3-5-11;1-14(2)9-7-5-3-4-6-8(7)12-10(11)13-9;;/h6-8,11,16H,1-5,9H2;3-6H,1-2H3,(H2,11,12,13);2*1H. The molecule has 0 atom stereocenters. The van der Waals surface area contributed by atoms with E-state index in [1.54, 1.807) is 6.07 Å². The summed E-state index contributed by atoms with van der Waals surface area (Å²) in [5, 5.41) is 4.42. The molecule has 3 N–H and O–H groups in total. The van der Waals surface area contributed by atoms with E-state index in [0.717, 1.165) is 22.3 Å². The Morgan fingerprint density at radius 2 is 1.77 bits per heavy atom. The number of fused-ring (bicyclic) bond motifs is 1. The summed E-state index contributed by atoms with van der Waals surface area (Å²) in [6, 6.07) is 12.5. The van der Waals surface area contributed by atoms with Crippen molar-refractivity contribution in [3.8, 4) is 0 Å². The Morgan fingerprint density at radius 3 is 2.47 bits per heavy atom. The van der Waals surface area contributed by atoms with Gasteiger partial charge < -0.3 is 16.0 Å². The van der Waals surface area contributed by atoms with E-state index in [-0.39, 0.29) is 2.85 Å². The van der Waals surface area contributed by atoms with E-state index in [1.807, 2.05) is 43.3 Å². The van der Waals surface area contributed by atoms with Crippen LogP contribution in [0, 0.1) is 11.6 Å². The van der Waals surface area contributed by atoms with Crippen LogP contribution >= 0.6 is 0 Å². The number of rotatable bonds is 4. The van der Waals surface area contributed by atoms with Crippen molar-refractivity contribution in [3.05, 3.63) is 59.7 Å². The van der Waals surface area contributed by atoms with Gasteiger partial charge in [0.25, 0.3) is 0 Å². The average molecular weight is 418 g/mol. The van der Waals surface area contributed by atoms with Gasteiger partial charge in [-0.2, -0.15) is 4.98 Å². The van der Waals surface area contributed by atoms with Crippen molar-refractivity contribution >= 4 is 22.7 Å². The lowest BCUT2D eigenvalue weighted by Gasteiger charge is -2.22. The van der Waals surface area contributed by atoms with Gasteiger partial charge >= 0.3 is 0 Å². The highest BCUT2D eigenvalue weighted by molar-refractivity contribution is 5.90. The molecule has 0 unspecified atom stereocenters. The van der Waals surface area contributed by atoms with Crippen LogP contribution in [0.4, 0.5) is 20.5 Å². The van der Waals surface area contributed by atoms with Gasteiger partial charge in [-0.25, -0.2) is 13.8 Å². The molecule has 2 aromatic carbocycles. The first-order valence-corrected chi connectivity index (χ1v) is 10.3. The van der Waals surface area contributed by atoms with Gasteiger partial charge in [0.15, 0.2) is 11.6 Å². The molecule has 1 fully saturated rings. The van der Waals surface area contributed by atoms with Crippen LogP contribution in [0.5, 0.6) is 0 Å². The fraction of sp³-hybridized carbons (Fsp3) is 0.391. The van der Waals surface area contributed by atoms with Crippen LogP contribution in [-0.4, -0.2) is 30.1 Å². The van der Waals surface area contributed by atoms with Crippen LogP contribution in [0.15, 0.2) is 42.5 Å². The minimum Gasteiger partial charge on any atom is -0.368 e. The molecule has 1 aliphatic rings. The maximum Gasteiger partial charge on any atom is 0.222 e. The van der Waals surface area contributed by atoms with Crippen LogP contribution in [0.2, 0.25) is 0 Å². The quantitative estimate of drug-likeness (QED) is 0.614. The number of nitrogens with zero attached hydrogens (tertiary/aromatic N) is 3. The zero-order chi connectivity index (χ0) is 21.5. The van der Waals surface area contributed by atoms with Crippen molar-refractivity contribution in [3.63, 3.8) is 0 Å². The number of para-hydroxylation sites is 1. The number of hydrogen-bond donors (Lipinski definition) is 2. The normalized spacial score (nSPS) is 14.3. The summed E-state index contributed by atoms with van der Waals surface area (Å²) in [6.07, 6.45) is 6.27. The van der Waals surface area contributed by atoms with Crippen LogP contribution < -0.4 is 16.0 Å². The number of anilines is 2. The van der Waals surface area contributed by atoms with E-state index in [4.69, 9.17) is 5.73 Å². The Hall–Kier alpha value is -2.80. The lowest BCUT2D eigenvalue weighted by Crippen LogP contribution is -2.30. The molecule has 0 spiro atoms. The van der Waals surface area contributed by atoms with Gasteiger partial charge in [0, 0.05) is 34.9 Å². The highest BCUT2D eigenvalue weighted by Gasteiger charge is 2.12. The Labute approximate surface area is 179 Å². The topological polar surface area (TPSA) is 67.1 Å².